The van der Waals surface area contributed by atoms with Crippen molar-refractivity contribution in [1.29, 1.82) is 0 Å². The van der Waals surface area contributed by atoms with Crippen LogP contribution in [-0.2, 0) is 32.0 Å². The van der Waals surface area contributed by atoms with E-state index in [9.17, 15) is 0 Å². The number of ether oxygens (including phenoxy) is 1. The van der Waals surface area contributed by atoms with Crippen LogP contribution >= 0.6 is 0 Å². The predicted octanol–water partition coefficient (Wildman–Crippen LogP) is 4.32. The zero-order valence-electron chi connectivity index (χ0n) is 22.6. The van der Waals surface area contributed by atoms with Crippen LogP contribution in [0.2, 0.25) is 0 Å². The Hall–Kier alpha value is -2.59. The maximum Gasteiger partial charge on any atom is 4.00 e. The molecule has 2 unspecified atom stereocenters. The van der Waals surface area contributed by atoms with Crippen molar-refractivity contribution in [3.8, 4) is 11.5 Å². The molecule has 0 fully saturated rings. The number of para-hydroxylation sites is 1. The first-order valence-corrected chi connectivity index (χ1v) is 12.5. The summed E-state index contributed by atoms with van der Waals surface area (Å²) in [4.78, 5) is 6.82. The van der Waals surface area contributed by atoms with Gasteiger partial charge >= 0.3 is 21.1 Å². The fourth-order valence-electron chi connectivity index (χ4n) is 4.61. The number of quaternary nitrogens is 2. The number of benzene rings is 3. The van der Waals surface area contributed by atoms with Gasteiger partial charge in [-0.3, -0.25) is 0 Å². The SMILES string of the molecule is C[NH+]1C=CN(c2[c-]c(Oc3[c-]c(N4[CH-][NH+](C)C(C)(C)c5ccccc54)ccc3)cc(C(C)(C)C)c2)[CH-]1.[Pt+4]. The monoisotopic (exact) mass is 675 g/mol. The van der Waals surface area contributed by atoms with Crippen molar-refractivity contribution >= 4 is 17.1 Å². The molecule has 2 aliphatic rings. The molecule has 6 heteroatoms. The van der Waals surface area contributed by atoms with Crippen LogP contribution in [0, 0.1) is 25.5 Å². The van der Waals surface area contributed by atoms with Gasteiger partial charge in [-0.05, 0) is 38.7 Å². The molecule has 0 bridgehead atoms. The Balaban J connectivity index is 0.00000320. The molecule has 194 valence electrons. The molecule has 0 amide bonds. The maximum atomic E-state index is 6.40. The van der Waals surface area contributed by atoms with Crippen LogP contribution in [0.3, 0.4) is 0 Å². The van der Waals surface area contributed by atoms with Crippen LogP contribution in [-0.4, -0.2) is 14.1 Å². The third-order valence-corrected chi connectivity index (χ3v) is 7.19. The van der Waals surface area contributed by atoms with Gasteiger partial charge in [0.25, 0.3) is 0 Å². The van der Waals surface area contributed by atoms with Crippen molar-refractivity contribution in [2.75, 3.05) is 23.9 Å². The summed E-state index contributed by atoms with van der Waals surface area (Å²) in [5, 5.41) is 0. The van der Waals surface area contributed by atoms with E-state index >= 15 is 0 Å². The van der Waals surface area contributed by atoms with E-state index in [2.05, 4.69) is 139 Å². The summed E-state index contributed by atoms with van der Waals surface area (Å²) in [5.74, 6) is 1.35. The van der Waals surface area contributed by atoms with Gasteiger partial charge < -0.3 is 24.3 Å². The van der Waals surface area contributed by atoms with E-state index in [-0.39, 0.29) is 32.0 Å². The summed E-state index contributed by atoms with van der Waals surface area (Å²) >= 11 is 0. The Morgan fingerprint density at radius 1 is 0.892 bits per heavy atom. The molecule has 2 atom stereocenters. The summed E-state index contributed by atoms with van der Waals surface area (Å²) in [6, 6.07) is 25.9. The largest absolute Gasteiger partial charge is 4.00 e. The number of hydrogen-bond acceptors (Lipinski definition) is 3. The molecular formula is C31H36N4OPt+2. The predicted molar refractivity (Wildman–Crippen MR) is 145 cm³/mol. The van der Waals surface area contributed by atoms with Gasteiger partial charge in [-0.1, -0.05) is 50.3 Å². The van der Waals surface area contributed by atoms with Gasteiger partial charge in [-0.2, -0.15) is 6.07 Å². The van der Waals surface area contributed by atoms with E-state index in [1.807, 2.05) is 12.1 Å². The second-order valence-electron chi connectivity index (χ2n) is 11.3. The molecular weight excluding hydrogens is 639 g/mol. The number of anilines is 3. The van der Waals surface area contributed by atoms with Gasteiger partial charge in [0.1, 0.15) is 0 Å². The molecule has 3 aromatic rings. The number of nitrogens with zero attached hydrogens (tertiary/aromatic N) is 2. The van der Waals surface area contributed by atoms with E-state index in [0.717, 1.165) is 11.4 Å². The Bertz CT molecular complexity index is 1300. The average Bonchev–Trinajstić information content (AvgIpc) is 3.27. The molecule has 37 heavy (non-hydrogen) atoms. The maximum absolute atomic E-state index is 6.40. The van der Waals surface area contributed by atoms with Gasteiger partial charge in [-0.25, -0.2) is 0 Å². The third-order valence-electron chi connectivity index (χ3n) is 7.19. The summed E-state index contributed by atoms with van der Waals surface area (Å²) in [5.41, 5.74) is 5.55. The van der Waals surface area contributed by atoms with Gasteiger partial charge in [0, 0.05) is 43.0 Å². The molecule has 2 N–H and O–H groups in total. The van der Waals surface area contributed by atoms with Gasteiger partial charge in [-0.15, -0.1) is 42.0 Å². The zero-order valence-corrected chi connectivity index (χ0v) is 24.9. The molecule has 2 aliphatic heterocycles. The smallest absolute Gasteiger partial charge is 0.509 e. The van der Waals surface area contributed by atoms with E-state index in [1.165, 1.54) is 26.6 Å². The van der Waals surface area contributed by atoms with Gasteiger partial charge in [0.05, 0.1) is 11.7 Å². The molecule has 2 heterocycles. The molecule has 5 nitrogen and oxygen atoms in total. The molecule has 0 saturated carbocycles. The van der Waals surface area contributed by atoms with Crippen LogP contribution in [0.4, 0.5) is 17.1 Å². The number of nitrogens with one attached hydrogen (secondary N) is 2. The van der Waals surface area contributed by atoms with E-state index in [0.29, 0.717) is 11.5 Å². The van der Waals surface area contributed by atoms with E-state index < -0.39 is 0 Å². The average molecular weight is 676 g/mol. The Morgan fingerprint density at radius 2 is 1.62 bits per heavy atom. The summed E-state index contributed by atoms with van der Waals surface area (Å²) in [6.45, 7) is 15.5. The number of rotatable bonds is 4. The van der Waals surface area contributed by atoms with Crippen molar-refractivity contribution in [2.24, 2.45) is 0 Å². The second kappa shape index (κ2) is 10.3. The van der Waals surface area contributed by atoms with Crippen molar-refractivity contribution < 1.29 is 35.6 Å². The minimum atomic E-state index is -0.0254. The fourth-order valence-corrected chi connectivity index (χ4v) is 4.61. The van der Waals surface area contributed by atoms with Crippen molar-refractivity contribution in [3.63, 3.8) is 0 Å². The minimum Gasteiger partial charge on any atom is -0.509 e. The van der Waals surface area contributed by atoms with Crippen LogP contribution in [0.1, 0.15) is 45.7 Å². The fraction of sp³-hybridized carbons (Fsp3) is 0.290. The van der Waals surface area contributed by atoms with Gasteiger partial charge in [0.2, 0.25) is 0 Å². The Labute approximate surface area is 236 Å². The summed E-state index contributed by atoms with van der Waals surface area (Å²) in [6.07, 6.45) is 4.16. The summed E-state index contributed by atoms with van der Waals surface area (Å²) < 4.78 is 6.40. The van der Waals surface area contributed by atoms with Crippen LogP contribution < -0.4 is 24.3 Å². The topological polar surface area (TPSA) is 24.6 Å². The van der Waals surface area contributed by atoms with Crippen LogP contribution in [0.5, 0.6) is 11.5 Å². The first-order valence-electron chi connectivity index (χ1n) is 12.5. The van der Waals surface area contributed by atoms with Crippen LogP contribution in [0.25, 0.3) is 0 Å². The Morgan fingerprint density at radius 3 is 2.32 bits per heavy atom. The van der Waals surface area contributed by atoms with Crippen molar-refractivity contribution in [2.45, 2.75) is 45.6 Å². The second-order valence-corrected chi connectivity index (χ2v) is 11.3. The quantitative estimate of drug-likeness (QED) is 0.404. The standard InChI is InChI=1S/C31H36N4O.Pt/c1-30(2,3)23-17-25(34-16-15-32(6)21-34)20-27(18-23)36-26-12-10-11-24(19-26)35-22-33(7)31(4,5)28-13-8-9-14-29(28)35;/h8-18,21-22,32-33H,1-7H3;/q-2;+4. The third kappa shape index (κ3) is 5.50. The molecule has 0 spiro atoms. The van der Waals surface area contributed by atoms with E-state index in [1.54, 1.807) is 0 Å². The molecule has 3 aromatic carbocycles. The minimum absolute atomic E-state index is 0. The first-order chi connectivity index (χ1) is 17.0. The molecule has 0 radical (unpaired) electrons. The zero-order chi connectivity index (χ0) is 25.7. The Kier molecular flexibility index (Phi) is 7.63. The normalized spacial score (nSPS) is 20.4. The molecule has 0 aliphatic carbocycles. The first kappa shape index (κ1) is 27.4. The molecule has 5 rings (SSSR count). The number of fused-ring (bicyclic) bond motifs is 1. The number of hydrogen-bond donors (Lipinski definition) is 2. The van der Waals surface area contributed by atoms with Gasteiger partial charge in [0.15, 0.2) is 0 Å². The molecule has 0 aromatic heterocycles. The van der Waals surface area contributed by atoms with E-state index in [4.69, 9.17) is 4.74 Å². The van der Waals surface area contributed by atoms with Crippen molar-refractivity contribution in [1.82, 2.24) is 0 Å². The molecule has 0 saturated heterocycles. The van der Waals surface area contributed by atoms with Crippen LogP contribution in [0.15, 0.2) is 67.0 Å². The van der Waals surface area contributed by atoms with Crippen molar-refractivity contribution in [3.05, 3.63) is 104 Å². The summed E-state index contributed by atoms with van der Waals surface area (Å²) in [7, 11) is 4.29.